The fourth-order valence-corrected chi connectivity index (χ4v) is 3.08. The lowest BCUT2D eigenvalue weighted by molar-refractivity contribution is 0.308. The Balaban J connectivity index is 2.00. The van der Waals surface area contributed by atoms with E-state index in [0.717, 1.165) is 12.3 Å². The van der Waals surface area contributed by atoms with Gasteiger partial charge in [-0.2, -0.15) is 0 Å². The first-order valence-corrected chi connectivity index (χ1v) is 6.92. The number of rotatable bonds is 3. The smallest absolute Gasteiger partial charge is 0.0595 e. The Kier molecular flexibility index (Phi) is 3.98. The van der Waals surface area contributed by atoms with Crippen molar-refractivity contribution in [2.24, 2.45) is 5.92 Å². The fraction of sp³-hybridized carbons (Fsp3) is 0.500. The molecule has 1 aliphatic carbocycles. The van der Waals surface area contributed by atoms with Crippen LogP contribution in [0.25, 0.3) is 0 Å². The van der Waals surface area contributed by atoms with Crippen LogP contribution in [-0.2, 0) is 6.42 Å². The Labute approximate surface area is 109 Å². The second kappa shape index (κ2) is 5.07. The summed E-state index contributed by atoms with van der Waals surface area (Å²) >= 11 is 15.6. The predicted molar refractivity (Wildman–Crippen MR) is 70.2 cm³/mol. The molecule has 1 aromatic carbocycles. The zero-order chi connectivity index (χ0) is 10.8. The van der Waals surface area contributed by atoms with Crippen molar-refractivity contribution in [2.75, 3.05) is 0 Å². The number of hydrogen-bond donors (Lipinski definition) is 0. The lowest BCUT2D eigenvalue weighted by atomic mass is 9.81. The SMILES string of the molecule is Clc1ccc(CC(Br)C2CCC2)cc1Cl. The lowest BCUT2D eigenvalue weighted by Crippen LogP contribution is -2.23. The highest BCUT2D eigenvalue weighted by Gasteiger charge is 2.25. The van der Waals surface area contributed by atoms with Crippen LogP contribution in [-0.4, -0.2) is 4.83 Å². The molecule has 1 fully saturated rings. The third kappa shape index (κ3) is 2.89. The second-order valence-corrected chi connectivity index (χ2v) is 6.15. The van der Waals surface area contributed by atoms with Crippen molar-refractivity contribution < 1.29 is 0 Å². The van der Waals surface area contributed by atoms with Gasteiger partial charge in [0.25, 0.3) is 0 Å². The summed E-state index contributed by atoms with van der Waals surface area (Å²) in [7, 11) is 0. The molecule has 1 saturated carbocycles. The van der Waals surface area contributed by atoms with Crippen molar-refractivity contribution in [3.8, 4) is 0 Å². The summed E-state index contributed by atoms with van der Waals surface area (Å²) in [6.07, 6.45) is 5.14. The van der Waals surface area contributed by atoms with Crippen LogP contribution in [0, 0.1) is 5.92 Å². The first-order chi connectivity index (χ1) is 7.16. The molecule has 82 valence electrons. The number of halogens is 3. The summed E-state index contributed by atoms with van der Waals surface area (Å²) in [6, 6.07) is 5.90. The largest absolute Gasteiger partial charge is 0.0884 e. The van der Waals surface area contributed by atoms with Gasteiger partial charge in [-0.25, -0.2) is 0 Å². The molecule has 15 heavy (non-hydrogen) atoms. The van der Waals surface area contributed by atoms with Gasteiger partial charge >= 0.3 is 0 Å². The maximum Gasteiger partial charge on any atom is 0.0595 e. The molecule has 0 spiro atoms. The maximum atomic E-state index is 5.98. The highest BCUT2D eigenvalue weighted by atomic mass is 79.9. The van der Waals surface area contributed by atoms with Gasteiger partial charge in [-0.1, -0.05) is 51.6 Å². The van der Waals surface area contributed by atoms with Crippen molar-refractivity contribution in [1.82, 2.24) is 0 Å². The van der Waals surface area contributed by atoms with Crippen LogP contribution < -0.4 is 0 Å². The Morgan fingerprint density at radius 3 is 2.53 bits per heavy atom. The van der Waals surface area contributed by atoms with Crippen molar-refractivity contribution in [3.63, 3.8) is 0 Å². The third-order valence-electron chi connectivity index (χ3n) is 3.08. The molecule has 1 aliphatic rings. The van der Waals surface area contributed by atoms with Crippen LogP contribution in [0.1, 0.15) is 24.8 Å². The topological polar surface area (TPSA) is 0 Å². The Morgan fingerprint density at radius 2 is 2.00 bits per heavy atom. The minimum Gasteiger partial charge on any atom is -0.0884 e. The highest BCUT2D eigenvalue weighted by Crippen LogP contribution is 2.35. The van der Waals surface area contributed by atoms with Crippen molar-refractivity contribution in [2.45, 2.75) is 30.5 Å². The quantitative estimate of drug-likeness (QED) is 0.682. The molecule has 0 aromatic heterocycles. The van der Waals surface area contributed by atoms with Crippen LogP contribution >= 0.6 is 39.1 Å². The van der Waals surface area contributed by atoms with E-state index in [1.165, 1.54) is 24.8 Å². The van der Waals surface area contributed by atoms with Gasteiger partial charge in [-0.15, -0.1) is 0 Å². The maximum absolute atomic E-state index is 5.98. The number of benzene rings is 1. The number of hydrogen-bond acceptors (Lipinski definition) is 0. The Bertz CT molecular complexity index is 347. The second-order valence-electron chi connectivity index (χ2n) is 4.16. The summed E-state index contributed by atoms with van der Waals surface area (Å²) < 4.78 is 0. The van der Waals surface area contributed by atoms with Crippen LogP contribution in [0.15, 0.2) is 18.2 Å². The summed E-state index contributed by atoms with van der Waals surface area (Å²) in [5.41, 5.74) is 1.26. The van der Waals surface area contributed by atoms with Gasteiger partial charge in [-0.05, 0) is 42.9 Å². The monoisotopic (exact) mass is 306 g/mol. The molecule has 2 rings (SSSR count). The Morgan fingerprint density at radius 1 is 1.27 bits per heavy atom. The van der Waals surface area contributed by atoms with Gasteiger partial charge in [0.15, 0.2) is 0 Å². The molecule has 0 bridgehead atoms. The van der Waals surface area contributed by atoms with Crippen LogP contribution in [0.2, 0.25) is 10.0 Å². The molecule has 0 saturated heterocycles. The van der Waals surface area contributed by atoms with E-state index in [1.54, 1.807) is 0 Å². The first-order valence-electron chi connectivity index (χ1n) is 5.25. The standard InChI is InChI=1S/C12H13BrCl2/c13-10(9-2-1-3-9)6-8-4-5-11(14)12(15)7-8/h4-5,7,9-10H,1-3,6H2. The summed E-state index contributed by atoms with van der Waals surface area (Å²) in [4.78, 5) is 0.587. The first kappa shape index (κ1) is 11.8. The van der Waals surface area contributed by atoms with Crippen molar-refractivity contribution in [1.29, 1.82) is 0 Å². The predicted octanol–water partition coefficient (Wildman–Crippen LogP) is 5.10. The molecule has 0 amide bonds. The third-order valence-corrected chi connectivity index (χ3v) is 4.89. The van der Waals surface area contributed by atoms with E-state index in [9.17, 15) is 0 Å². The highest BCUT2D eigenvalue weighted by molar-refractivity contribution is 9.09. The van der Waals surface area contributed by atoms with Gasteiger partial charge in [0, 0.05) is 4.83 Å². The molecule has 1 atom stereocenters. The van der Waals surface area contributed by atoms with Crippen LogP contribution in [0.3, 0.4) is 0 Å². The fourth-order valence-electron chi connectivity index (χ4n) is 1.86. The molecular weight excluding hydrogens is 295 g/mol. The molecule has 0 nitrogen and oxygen atoms in total. The normalized spacial score (nSPS) is 18.6. The van der Waals surface area contributed by atoms with Gasteiger partial charge in [0.05, 0.1) is 10.0 Å². The zero-order valence-electron chi connectivity index (χ0n) is 8.35. The van der Waals surface area contributed by atoms with Crippen molar-refractivity contribution in [3.05, 3.63) is 33.8 Å². The molecule has 1 aromatic rings. The van der Waals surface area contributed by atoms with Crippen LogP contribution in [0.5, 0.6) is 0 Å². The van der Waals surface area contributed by atoms with Gasteiger partial charge in [-0.3, -0.25) is 0 Å². The van der Waals surface area contributed by atoms with Gasteiger partial charge in [0.2, 0.25) is 0 Å². The van der Waals surface area contributed by atoms with E-state index in [0.29, 0.717) is 14.9 Å². The molecule has 1 unspecified atom stereocenters. The molecule has 0 heterocycles. The minimum atomic E-state index is 0.587. The van der Waals surface area contributed by atoms with Gasteiger partial charge in [0.1, 0.15) is 0 Å². The van der Waals surface area contributed by atoms with E-state index in [4.69, 9.17) is 23.2 Å². The average molecular weight is 308 g/mol. The van der Waals surface area contributed by atoms with E-state index in [-0.39, 0.29) is 0 Å². The Hall–Kier alpha value is 0.280. The molecule has 0 radical (unpaired) electrons. The van der Waals surface area contributed by atoms with E-state index in [1.807, 2.05) is 12.1 Å². The average Bonchev–Trinajstić information content (AvgIpc) is 2.08. The summed E-state index contributed by atoms with van der Waals surface area (Å²) in [5, 5.41) is 1.29. The van der Waals surface area contributed by atoms with E-state index < -0.39 is 0 Å². The lowest BCUT2D eigenvalue weighted by Gasteiger charge is -2.30. The van der Waals surface area contributed by atoms with E-state index in [2.05, 4.69) is 22.0 Å². The number of alkyl halides is 1. The molecular formula is C12H13BrCl2. The van der Waals surface area contributed by atoms with Crippen LogP contribution in [0.4, 0.5) is 0 Å². The summed E-state index contributed by atoms with van der Waals surface area (Å²) in [5.74, 6) is 0.847. The van der Waals surface area contributed by atoms with E-state index >= 15 is 0 Å². The molecule has 0 aliphatic heterocycles. The van der Waals surface area contributed by atoms with Gasteiger partial charge < -0.3 is 0 Å². The molecule has 0 N–H and O–H groups in total. The molecule has 3 heteroatoms. The van der Waals surface area contributed by atoms with Crippen molar-refractivity contribution >= 4 is 39.1 Å². The summed E-state index contributed by atoms with van der Waals surface area (Å²) in [6.45, 7) is 0. The minimum absolute atomic E-state index is 0.587. The zero-order valence-corrected chi connectivity index (χ0v) is 11.4.